The number of aromatic nitrogens is 1. The first kappa shape index (κ1) is 18.3. The molecular weight excluding hydrogens is 345 g/mol. The Labute approximate surface area is 159 Å². The molecular formula is C21H28FN3O2. The lowest BCUT2D eigenvalue weighted by Crippen LogP contribution is -2.23. The normalized spacial score (nSPS) is 19.4. The number of hydrogen-bond acceptors (Lipinski definition) is 5. The van der Waals surface area contributed by atoms with Gasteiger partial charge in [0, 0.05) is 49.5 Å². The maximum atomic E-state index is 13.2. The van der Waals surface area contributed by atoms with Crippen molar-refractivity contribution in [1.29, 1.82) is 0 Å². The number of pyridine rings is 1. The van der Waals surface area contributed by atoms with Crippen LogP contribution in [0.3, 0.4) is 0 Å². The van der Waals surface area contributed by atoms with E-state index in [9.17, 15) is 4.39 Å². The Hall–Kier alpha value is -2.08. The molecule has 2 aromatic rings. The van der Waals surface area contributed by atoms with Crippen molar-refractivity contribution < 1.29 is 13.9 Å². The van der Waals surface area contributed by atoms with E-state index in [0.717, 1.165) is 66.9 Å². The second-order valence-corrected chi connectivity index (χ2v) is 7.42. The van der Waals surface area contributed by atoms with Crippen LogP contribution < -0.4 is 14.8 Å². The number of alkyl halides is 1. The van der Waals surface area contributed by atoms with Crippen molar-refractivity contribution in [3.05, 3.63) is 23.4 Å². The Kier molecular flexibility index (Phi) is 5.34. The number of halogens is 1. The number of fused-ring (bicyclic) bond motifs is 2. The Bertz CT molecular complexity index is 827. The number of ether oxygens (including phenoxy) is 2. The molecule has 0 saturated carbocycles. The minimum Gasteiger partial charge on any atom is -0.493 e. The summed E-state index contributed by atoms with van der Waals surface area (Å²) in [6.07, 6.45) is 4.12. The summed E-state index contributed by atoms with van der Waals surface area (Å²) in [6.45, 7) is 2.86. The second-order valence-electron chi connectivity index (χ2n) is 7.42. The van der Waals surface area contributed by atoms with Gasteiger partial charge in [-0.1, -0.05) is 0 Å². The van der Waals surface area contributed by atoms with Gasteiger partial charge in [0.25, 0.3) is 0 Å². The van der Waals surface area contributed by atoms with E-state index in [4.69, 9.17) is 14.5 Å². The van der Waals surface area contributed by atoms with Gasteiger partial charge in [-0.15, -0.1) is 0 Å². The number of nitrogens with zero attached hydrogens (tertiary/aromatic N) is 2. The molecule has 2 aliphatic rings. The maximum Gasteiger partial charge on any atom is 0.163 e. The van der Waals surface area contributed by atoms with Crippen molar-refractivity contribution in [2.75, 3.05) is 45.7 Å². The van der Waals surface area contributed by atoms with Crippen molar-refractivity contribution in [2.24, 2.45) is 0 Å². The number of likely N-dealkylation sites (tertiary alicyclic amines) is 1. The molecule has 0 spiro atoms. The maximum absolute atomic E-state index is 13.2. The van der Waals surface area contributed by atoms with E-state index in [2.05, 4.69) is 10.2 Å². The lowest BCUT2D eigenvalue weighted by molar-refractivity contribution is 0.243. The van der Waals surface area contributed by atoms with Crippen LogP contribution >= 0.6 is 0 Å². The van der Waals surface area contributed by atoms with E-state index in [0.29, 0.717) is 19.6 Å². The van der Waals surface area contributed by atoms with E-state index < -0.39 is 6.17 Å². The summed E-state index contributed by atoms with van der Waals surface area (Å²) in [5, 5.41) is 4.43. The highest BCUT2D eigenvalue weighted by molar-refractivity contribution is 5.95. The smallest absolute Gasteiger partial charge is 0.163 e. The number of rotatable bonds is 7. The van der Waals surface area contributed by atoms with Crippen molar-refractivity contribution in [3.63, 3.8) is 0 Å². The fourth-order valence-corrected chi connectivity index (χ4v) is 4.29. The minimum absolute atomic E-state index is 0.557. The SMILES string of the molecule is CNc1c2c(nc3cc(OCCCN4CC[C@@H](F)C4)c(OC)cc13)CCC2. The molecule has 0 unspecified atom stereocenters. The molecule has 1 aromatic heterocycles. The number of benzene rings is 1. The van der Waals surface area contributed by atoms with E-state index in [1.165, 1.54) is 11.3 Å². The molecule has 1 atom stereocenters. The summed E-state index contributed by atoms with van der Waals surface area (Å²) in [5.74, 6) is 1.45. The molecule has 27 heavy (non-hydrogen) atoms. The highest BCUT2D eigenvalue weighted by Crippen LogP contribution is 2.39. The van der Waals surface area contributed by atoms with E-state index in [1.807, 2.05) is 19.2 Å². The second kappa shape index (κ2) is 7.89. The van der Waals surface area contributed by atoms with Gasteiger partial charge in [0.15, 0.2) is 11.5 Å². The lowest BCUT2D eigenvalue weighted by atomic mass is 10.1. The van der Waals surface area contributed by atoms with Crippen LogP contribution in [0, 0.1) is 0 Å². The topological polar surface area (TPSA) is 46.6 Å². The lowest BCUT2D eigenvalue weighted by Gasteiger charge is -2.17. The zero-order valence-corrected chi connectivity index (χ0v) is 16.2. The van der Waals surface area contributed by atoms with Crippen LogP contribution in [0.5, 0.6) is 11.5 Å². The van der Waals surface area contributed by atoms with E-state index in [1.54, 1.807) is 7.11 Å². The zero-order chi connectivity index (χ0) is 18.8. The van der Waals surface area contributed by atoms with Crippen LogP contribution in [0.1, 0.15) is 30.5 Å². The molecule has 1 saturated heterocycles. The number of methoxy groups -OCH3 is 1. The first-order valence-electron chi connectivity index (χ1n) is 9.90. The molecule has 4 rings (SSSR count). The van der Waals surface area contributed by atoms with Crippen molar-refractivity contribution >= 4 is 16.6 Å². The molecule has 1 N–H and O–H groups in total. The predicted molar refractivity (Wildman–Crippen MR) is 106 cm³/mol. The summed E-state index contributed by atoms with van der Waals surface area (Å²) in [7, 11) is 3.63. The number of nitrogens with one attached hydrogen (secondary N) is 1. The predicted octanol–water partition coefficient (Wildman–Crippen LogP) is 3.59. The first-order chi connectivity index (χ1) is 13.2. The highest BCUT2D eigenvalue weighted by atomic mass is 19.1. The van der Waals surface area contributed by atoms with Crippen molar-refractivity contribution in [3.8, 4) is 11.5 Å². The molecule has 1 aromatic carbocycles. The molecule has 6 heteroatoms. The van der Waals surface area contributed by atoms with Gasteiger partial charge >= 0.3 is 0 Å². The van der Waals surface area contributed by atoms with Gasteiger partial charge < -0.3 is 19.7 Å². The molecule has 1 aliphatic heterocycles. The first-order valence-corrected chi connectivity index (χ1v) is 9.90. The minimum atomic E-state index is -0.666. The molecule has 1 aliphatic carbocycles. The van der Waals surface area contributed by atoms with Gasteiger partial charge in [0.1, 0.15) is 6.17 Å². The van der Waals surface area contributed by atoms with E-state index >= 15 is 0 Å². The van der Waals surface area contributed by atoms with E-state index in [-0.39, 0.29) is 0 Å². The molecule has 0 amide bonds. The monoisotopic (exact) mass is 373 g/mol. The summed E-state index contributed by atoms with van der Waals surface area (Å²) in [5.41, 5.74) is 4.62. The Morgan fingerprint density at radius 1 is 1.30 bits per heavy atom. The van der Waals surface area contributed by atoms with Crippen molar-refractivity contribution in [2.45, 2.75) is 38.3 Å². The number of hydrogen-bond donors (Lipinski definition) is 1. The molecule has 2 heterocycles. The highest BCUT2D eigenvalue weighted by Gasteiger charge is 2.22. The number of anilines is 1. The Morgan fingerprint density at radius 2 is 2.19 bits per heavy atom. The van der Waals surface area contributed by atoms with Gasteiger partial charge in [-0.3, -0.25) is 4.98 Å². The standard InChI is InChI=1S/C21H28FN3O2/c1-23-21-15-5-3-6-17(15)24-18-12-20(19(26-2)11-16(18)21)27-10-4-8-25-9-7-14(22)13-25/h11-12,14H,3-10,13H2,1-2H3,(H,23,24)/t14-/m1/s1. The number of aryl methyl sites for hydroxylation is 1. The quantitative estimate of drug-likeness (QED) is 0.752. The zero-order valence-electron chi connectivity index (χ0n) is 16.2. The summed E-state index contributed by atoms with van der Waals surface area (Å²) in [6, 6.07) is 4.01. The van der Waals surface area contributed by atoms with Crippen LogP contribution in [-0.2, 0) is 12.8 Å². The van der Waals surface area contributed by atoms with Crippen LogP contribution in [0.15, 0.2) is 12.1 Å². The van der Waals surface area contributed by atoms with Gasteiger partial charge in [0.2, 0.25) is 0 Å². The van der Waals surface area contributed by atoms with Gasteiger partial charge in [-0.05, 0) is 43.7 Å². The third kappa shape index (κ3) is 3.68. The molecule has 146 valence electrons. The van der Waals surface area contributed by atoms with Crippen molar-refractivity contribution in [1.82, 2.24) is 9.88 Å². The summed E-state index contributed by atoms with van der Waals surface area (Å²) < 4.78 is 24.8. The summed E-state index contributed by atoms with van der Waals surface area (Å²) >= 11 is 0. The average Bonchev–Trinajstić information content (AvgIpc) is 3.31. The summed E-state index contributed by atoms with van der Waals surface area (Å²) in [4.78, 5) is 7.04. The van der Waals surface area contributed by atoms with Gasteiger partial charge in [-0.25, -0.2) is 4.39 Å². The van der Waals surface area contributed by atoms with Crippen LogP contribution in [0.25, 0.3) is 10.9 Å². The van der Waals surface area contributed by atoms with Gasteiger partial charge in [0.05, 0.1) is 19.2 Å². The fraction of sp³-hybridized carbons (Fsp3) is 0.571. The van der Waals surface area contributed by atoms with Crippen LogP contribution in [-0.4, -0.2) is 56.5 Å². The Morgan fingerprint density at radius 3 is 2.93 bits per heavy atom. The Balaban J connectivity index is 1.51. The molecule has 0 radical (unpaired) electrons. The van der Waals surface area contributed by atoms with Crippen LogP contribution in [0.4, 0.5) is 10.1 Å². The van der Waals surface area contributed by atoms with Gasteiger partial charge in [-0.2, -0.15) is 0 Å². The third-order valence-electron chi connectivity index (χ3n) is 5.64. The fourth-order valence-electron chi connectivity index (χ4n) is 4.29. The molecule has 0 bridgehead atoms. The molecule has 1 fully saturated rings. The molecule has 5 nitrogen and oxygen atoms in total. The van der Waals surface area contributed by atoms with Crippen LogP contribution in [0.2, 0.25) is 0 Å². The average molecular weight is 373 g/mol. The largest absolute Gasteiger partial charge is 0.493 e. The third-order valence-corrected chi connectivity index (χ3v) is 5.64.